The van der Waals surface area contributed by atoms with Gasteiger partial charge in [0.2, 0.25) is 0 Å². The second kappa shape index (κ2) is 4.80. The maximum absolute atomic E-state index is 3.47. The first-order chi connectivity index (χ1) is 7.18. The zero-order chi connectivity index (χ0) is 12.4. The number of rotatable bonds is 0. The number of piperidine rings is 1. The molecule has 1 aliphatic rings. The number of hydrogen-bond acceptors (Lipinski definition) is 1. The van der Waals surface area contributed by atoms with Gasteiger partial charge in [-0.15, -0.1) is 0 Å². The molecule has 0 bridgehead atoms. The Morgan fingerprint density at radius 3 is 2.19 bits per heavy atom. The van der Waals surface area contributed by atoms with Crippen LogP contribution in [0.4, 0.5) is 0 Å². The molecule has 16 heavy (non-hydrogen) atoms. The Labute approximate surface area is 102 Å². The van der Waals surface area contributed by atoms with Crippen molar-refractivity contribution in [1.29, 1.82) is 0 Å². The molecule has 1 unspecified atom stereocenters. The summed E-state index contributed by atoms with van der Waals surface area (Å²) in [6, 6.07) is 0. The summed E-state index contributed by atoms with van der Waals surface area (Å²) in [6.45, 7) is 15.8. The van der Waals surface area contributed by atoms with Gasteiger partial charge in [-0.2, -0.15) is 0 Å². The van der Waals surface area contributed by atoms with Gasteiger partial charge in [-0.25, -0.2) is 0 Å². The molecule has 1 atom stereocenters. The largest absolute Gasteiger partial charge is 0.297 e. The minimum atomic E-state index is 0.143. The summed E-state index contributed by atoms with van der Waals surface area (Å²) in [5, 5.41) is 0. The number of likely N-dealkylation sites (tertiary alicyclic amines) is 1. The molecule has 0 spiro atoms. The van der Waals surface area contributed by atoms with Gasteiger partial charge >= 0.3 is 0 Å². The Morgan fingerprint density at radius 2 is 1.69 bits per heavy atom. The summed E-state index contributed by atoms with van der Waals surface area (Å²) in [6.07, 6.45) is 2.57. The second-order valence-corrected chi connectivity index (χ2v) is 6.98. The van der Waals surface area contributed by atoms with Crippen molar-refractivity contribution in [3.63, 3.8) is 0 Å². The Morgan fingerprint density at radius 1 is 1.06 bits per heavy atom. The number of nitrogens with zero attached hydrogens (tertiary/aromatic N) is 1. The Kier molecular flexibility index (Phi) is 4.07. The van der Waals surface area contributed by atoms with Crippen molar-refractivity contribution < 1.29 is 0 Å². The van der Waals surface area contributed by atoms with Crippen molar-refractivity contribution in [1.82, 2.24) is 4.90 Å². The van der Waals surface area contributed by atoms with Crippen LogP contribution in [-0.2, 0) is 0 Å². The van der Waals surface area contributed by atoms with Gasteiger partial charge in [-0.3, -0.25) is 4.90 Å². The topological polar surface area (TPSA) is 3.24 Å². The third-order valence-electron chi connectivity index (χ3n) is 3.02. The van der Waals surface area contributed by atoms with Gasteiger partial charge in [0, 0.05) is 23.4 Å². The summed E-state index contributed by atoms with van der Waals surface area (Å²) >= 11 is 0. The molecule has 1 heteroatoms. The predicted molar refractivity (Wildman–Crippen MR) is 71.3 cm³/mol. The van der Waals surface area contributed by atoms with Gasteiger partial charge in [0.25, 0.3) is 0 Å². The van der Waals surface area contributed by atoms with E-state index in [1.807, 2.05) is 0 Å². The van der Waals surface area contributed by atoms with E-state index in [2.05, 4.69) is 58.3 Å². The fourth-order valence-electron chi connectivity index (χ4n) is 2.02. The van der Waals surface area contributed by atoms with E-state index >= 15 is 0 Å². The Hall–Kier alpha value is -0.480. The smallest absolute Gasteiger partial charge is 0.0331 e. The molecule has 1 nitrogen and oxygen atoms in total. The molecule has 0 radical (unpaired) electrons. The van der Waals surface area contributed by atoms with Crippen molar-refractivity contribution in [3.05, 3.63) is 0 Å². The molecule has 0 N–H and O–H groups in total. The SMILES string of the molecule is CC(C)(C)C#CC1CCCN(C(C)(C)C)C1. The monoisotopic (exact) mass is 221 g/mol. The van der Waals surface area contributed by atoms with Crippen LogP contribution >= 0.6 is 0 Å². The molecular weight excluding hydrogens is 194 g/mol. The van der Waals surface area contributed by atoms with Gasteiger partial charge in [0.05, 0.1) is 0 Å². The molecule has 0 saturated carbocycles. The summed E-state index contributed by atoms with van der Waals surface area (Å²) in [5.74, 6) is 7.43. The highest BCUT2D eigenvalue weighted by Crippen LogP contribution is 2.23. The van der Waals surface area contributed by atoms with Gasteiger partial charge in [0.1, 0.15) is 0 Å². The van der Waals surface area contributed by atoms with Crippen LogP contribution in [0, 0.1) is 23.2 Å². The van der Waals surface area contributed by atoms with Crippen LogP contribution in [0.5, 0.6) is 0 Å². The summed E-state index contributed by atoms with van der Waals surface area (Å²) in [7, 11) is 0. The maximum Gasteiger partial charge on any atom is 0.0331 e. The minimum absolute atomic E-state index is 0.143. The van der Waals surface area contributed by atoms with Gasteiger partial charge in [-0.1, -0.05) is 11.8 Å². The van der Waals surface area contributed by atoms with Crippen LogP contribution in [-0.4, -0.2) is 23.5 Å². The first-order valence-electron chi connectivity index (χ1n) is 6.46. The first-order valence-corrected chi connectivity index (χ1v) is 6.46. The Balaban J connectivity index is 2.60. The third kappa shape index (κ3) is 4.58. The molecule has 0 aromatic carbocycles. The van der Waals surface area contributed by atoms with Crippen LogP contribution in [0.3, 0.4) is 0 Å². The molecule has 0 aromatic rings. The summed E-state index contributed by atoms with van der Waals surface area (Å²) in [4.78, 5) is 2.57. The summed E-state index contributed by atoms with van der Waals surface area (Å²) < 4.78 is 0. The van der Waals surface area contributed by atoms with Crippen LogP contribution in [0.2, 0.25) is 0 Å². The van der Waals surface area contributed by atoms with Crippen LogP contribution < -0.4 is 0 Å². The molecular formula is C15H27N. The molecule has 1 aliphatic heterocycles. The fourth-order valence-corrected chi connectivity index (χ4v) is 2.02. The van der Waals surface area contributed by atoms with Crippen molar-refractivity contribution in [2.24, 2.45) is 11.3 Å². The average Bonchev–Trinajstić information content (AvgIpc) is 2.13. The molecule has 1 heterocycles. The number of hydrogen-bond donors (Lipinski definition) is 0. The van der Waals surface area contributed by atoms with E-state index in [0.717, 1.165) is 6.54 Å². The maximum atomic E-state index is 3.47. The summed E-state index contributed by atoms with van der Waals surface area (Å²) in [5.41, 5.74) is 0.437. The van der Waals surface area contributed by atoms with Crippen LogP contribution in [0.15, 0.2) is 0 Å². The molecule has 1 rings (SSSR count). The molecule has 0 aromatic heterocycles. The van der Waals surface area contributed by atoms with E-state index in [1.54, 1.807) is 0 Å². The van der Waals surface area contributed by atoms with Crippen molar-refractivity contribution in [2.45, 2.75) is 59.9 Å². The third-order valence-corrected chi connectivity index (χ3v) is 3.02. The standard InChI is InChI=1S/C15H27N/c1-14(2,3)10-9-13-8-7-11-16(12-13)15(4,5)6/h13H,7-8,11-12H2,1-6H3. The fraction of sp³-hybridized carbons (Fsp3) is 0.867. The van der Waals surface area contributed by atoms with Crippen molar-refractivity contribution >= 4 is 0 Å². The normalized spacial score (nSPS) is 23.8. The lowest BCUT2D eigenvalue weighted by molar-refractivity contribution is 0.0938. The molecule has 0 amide bonds. The Bertz CT molecular complexity index is 279. The first kappa shape index (κ1) is 13.6. The van der Waals surface area contributed by atoms with E-state index in [1.165, 1.54) is 19.4 Å². The average molecular weight is 221 g/mol. The molecule has 1 fully saturated rings. The van der Waals surface area contributed by atoms with E-state index in [4.69, 9.17) is 0 Å². The molecule has 92 valence electrons. The lowest BCUT2D eigenvalue weighted by Crippen LogP contribution is -2.47. The molecule has 0 aliphatic carbocycles. The highest BCUT2D eigenvalue weighted by Gasteiger charge is 2.26. The van der Waals surface area contributed by atoms with Crippen molar-refractivity contribution in [3.8, 4) is 11.8 Å². The lowest BCUT2D eigenvalue weighted by Gasteiger charge is -2.40. The van der Waals surface area contributed by atoms with Gasteiger partial charge in [0.15, 0.2) is 0 Å². The second-order valence-electron chi connectivity index (χ2n) is 6.98. The van der Waals surface area contributed by atoms with Crippen LogP contribution in [0.1, 0.15) is 54.4 Å². The highest BCUT2D eigenvalue weighted by atomic mass is 15.2. The molecule has 1 saturated heterocycles. The van der Waals surface area contributed by atoms with E-state index in [0.29, 0.717) is 11.5 Å². The highest BCUT2D eigenvalue weighted by molar-refractivity contribution is 5.11. The minimum Gasteiger partial charge on any atom is -0.297 e. The zero-order valence-electron chi connectivity index (χ0n) is 11.9. The van der Waals surface area contributed by atoms with E-state index < -0.39 is 0 Å². The zero-order valence-corrected chi connectivity index (χ0v) is 11.9. The lowest BCUT2D eigenvalue weighted by atomic mass is 9.91. The van der Waals surface area contributed by atoms with Gasteiger partial charge < -0.3 is 0 Å². The predicted octanol–water partition coefficient (Wildman–Crippen LogP) is 3.55. The van der Waals surface area contributed by atoms with E-state index in [-0.39, 0.29) is 5.41 Å². The van der Waals surface area contributed by atoms with Crippen molar-refractivity contribution in [2.75, 3.05) is 13.1 Å². The van der Waals surface area contributed by atoms with E-state index in [9.17, 15) is 0 Å². The quantitative estimate of drug-likeness (QED) is 0.565. The van der Waals surface area contributed by atoms with Gasteiger partial charge in [-0.05, 0) is 60.9 Å². The van der Waals surface area contributed by atoms with Crippen LogP contribution in [0.25, 0.3) is 0 Å².